The Kier molecular flexibility index (Phi) is 6.30. The van der Waals surface area contributed by atoms with Crippen LogP contribution in [-0.2, 0) is 34.3 Å². The smallest absolute Gasteiger partial charge is 0.238 e. The average molecular weight is 459 g/mol. The quantitative estimate of drug-likeness (QED) is 0.532. The molecule has 0 unspecified atom stereocenters. The first-order valence-electron chi connectivity index (χ1n) is 10.8. The molecule has 1 heterocycles. The average Bonchev–Trinajstić information content (AvgIpc) is 3.53. The van der Waals surface area contributed by atoms with E-state index in [-0.39, 0.29) is 35.6 Å². The Bertz CT molecular complexity index is 1250. The summed E-state index contributed by atoms with van der Waals surface area (Å²) in [6.45, 7) is 3.01. The maximum Gasteiger partial charge on any atom is 0.238 e. The number of aryl methyl sites for hydroxylation is 2. The lowest BCUT2D eigenvalue weighted by Gasteiger charge is -2.23. The molecule has 1 fully saturated rings. The Hall–Kier alpha value is -2.78. The van der Waals surface area contributed by atoms with Crippen molar-refractivity contribution >= 4 is 27.0 Å². The van der Waals surface area contributed by atoms with Crippen LogP contribution in [0.2, 0.25) is 0 Å². The van der Waals surface area contributed by atoms with E-state index in [4.69, 9.17) is 5.14 Å². The molecule has 4 rings (SSSR count). The van der Waals surface area contributed by atoms with E-state index in [2.05, 4.69) is 4.98 Å². The van der Waals surface area contributed by atoms with Gasteiger partial charge in [0, 0.05) is 37.5 Å². The van der Waals surface area contributed by atoms with Gasteiger partial charge in [0.1, 0.15) is 11.6 Å². The minimum atomic E-state index is -3.82. The van der Waals surface area contributed by atoms with Gasteiger partial charge in [0.2, 0.25) is 15.9 Å². The molecule has 0 atom stereocenters. The van der Waals surface area contributed by atoms with Gasteiger partial charge >= 0.3 is 0 Å². The summed E-state index contributed by atoms with van der Waals surface area (Å²) in [7, 11) is -3.82. The lowest BCUT2D eigenvalue weighted by molar-refractivity contribution is -0.132. The number of nitrogens with zero attached hydrogens (tertiary/aromatic N) is 3. The normalized spacial score (nSPS) is 14.1. The zero-order valence-corrected chi connectivity index (χ0v) is 18.8. The Balaban J connectivity index is 1.55. The highest BCUT2D eigenvalue weighted by Crippen LogP contribution is 2.30. The summed E-state index contributed by atoms with van der Waals surface area (Å²) >= 11 is 0. The summed E-state index contributed by atoms with van der Waals surface area (Å²) in [6.07, 6.45) is 3.40. The van der Waals surface area contributed by atoms with Crippen LogP contribution in [0.3, 0.4) is 0 Å². The van der Waals surface area contributed by atoms with Gasteiger partial charge < -0.3 is 9.47 Å². The lowest BCUT2D eigenvalue weighted by atomic mass is 10.1. The van der Waals surface area contributed by atoms with Crippen LogP contribution >= 0.6 is 0 Å². The van der Waals surface area contributed by atoms with Crippen molar-refractivity contribution in [2.24, 2.45) is 5.14 Å². The Morgan fingerprint density at radius 1 is 1.25 bits per heavy atom. The molecule has 1 amide bonds. The maximum atomic E-state index is 14.1. The number of nitrogens with two attached hydrogens (primary N) is 1. The number of imidazole rings is 1. The standard InChI is InChI=1S/C23H27FN4O3S/c1-2-13-27-21-10-9-18(32(25,30)31)14-20(21)26-22(27)11-12-23(29)28(17-7-8-17)15-16-5-3-4-6-19(16)24/h3-6,9-10,14,17H,2,7-8,11-13,15H2,1H3,(H2,25,30,31). The zero-order valence-electron chi connectivity index (χ0n) is 18.0. The van der Waals surface area contributed by atoms with Gasteiger partial charge in [0.25, 0.3) is 0 Å². The molecule has 2 aromatic carbocycles. The van der Waals surface area contributed by atoms with E-state index in [1.807, 2.05) is 11.5 Å². The fourth-order valence-electron chi connectivity index (χ4n) is 3.98. The molecular formula is C23H27FN4O3S. The van der Waals surface area contributed by atoms with Crippen LogP contribution in [0.4, 0.5) is 4.39 Å². The first-order chi connectivity index (χ1) is 15.3. The Morgan fingerprint density at radius 2 is 2.00 bits per heavy atom. The summed E-state index contributed by atoms with van der Waals surface area (Å²) in [4.78, 5) is 19.4. The number of primary sulfonamides is 1. The molecule has 3 aromatic rings. The van der Waals surface area contributed by atoms with Crippen LogP contribution in [-0.4, -0.2) is 34.8 Å². The SMILES string of the molecule is CCCn1c(CCC(=O)N(Cc2ccccc2F)C2CC2)nc2cc(S(N)(=O)=O)ccc21. The predicted octanol–water partition coefficient (Wildman–Crippen LogP) is 3.36. The molecule has 0 bridgehead atoms. The maximum absolute atomic E-state index is 14.1. The van der Waals surface area contributed by atoms with E-state index in [9.17, 15) is 17.6 Å². The number of sulfonamides is 1. The molecule has 0 saturated heterocycles. The summed E-state index contributed by atoms with van der Waals surface area (Å²) in [6, 6.07) is 11.3. The zero-order chi connectivity index (χ0) is 22.9. The third-order valence-electron chi connectivity index (χ3n) is 5.74. The van der Waals surface area contributed by atoms with Crippen LogP contribution < -0.4 is 5.14 Å². The number of benzene rings is 2. The number of fused-ring (bicyclic) bond motifs is 1. The largest absolute Gasteiger partial charge is 0.335 e. The van der Waals surface area contributed by atoms with Gasteiger partial charge in [-0.25, -0.2) is 22.9 Å². The fourth-order valence-corrected chi connectivity index (χ4v) is 4.51. The number of hydrogen-bond donors (Lipinski definition) is 1. The molecule has 1 aromatic heterocycles. The fraction of sp³-hybridized carbons (Fsp3) is 0.391. The number of carbonyl (C=O) groups is 1. The minimum absolute atomic E-state index is 0.0126. The highest BCUT2D eigenvalue weighted by Gasteiger charge is 2.33. The lowest BCUT2D eigenvalue weighted by Crippen LogP contribution is -2.33. The monoisotopic (exact) mass is 458 g/mol. The van der Waals surface area contributed by atoms with Gasteiger partial charge in [0.15, 0.2) is 0 Å². The second kappa shape index (κ2) is 8.99. The molecule has 0 radical (unpaired) electrons. The molecule has 9 heteroatoms. The minimum Gasteiger partial charge on any atom is -0.335 e. The molecule has 0 aliphatic heterocycles. The van der Waals surface area contributed by atoms with E-state index in [1.54, 1.807) is 29.2 Å². The van der Waals surface area contributed by atoms with Crippen molar-refractivity contribution in [3.05, 3.63) is 59.7 Å². The molecule has 2 N–H and O–H groups in total. The third-order valence-corrected chi connectivity index (χ3v) is 6.65. The van der Waals surface area contributed by atoms with Crippen molar-refractivity contribution in [3.63, 3.8) is 0 Å². The summed E-state index contributed by atoms with van der Waals surface area (Å²) in [5, 5.41) is 5.25. The summed E-state index contributed by atoms with van der Waals surface area (Å²) in [5.74, 6) is 0.390. The predicted molar refractivity (Wildman–Crippen MR) is 120 cm³/mol. The summed E-state index contributed by atoms with van der Waals surface area (Å²) < 4.78 is 39.5. The highest BCUT2D eigenvalue weighted by molar-refractivity contribution is 7.89. The number of hydrogen-bond acceptors (Lipinski definition) is 4. The second-order valence-corrected chi connectivity index (χ2v) is 9.78. The van der Waals surface area contributed by atoms with E-state index in [0.29, 0.717) is 24.0 Å². The first kappa shape index (κ1) is 22.4. The van der Waals surface area contributed by atoms with Crippen LogP contribution in [0.5, 0.6) is 0 Å². The van der Waals surface area contributed by atoms with Crippen LogP contribution in [0, 0.1) is 5.82 Å². The van der Waals surface area contributed by atoms with E-state index >= 15 is 0 Å². The first-order valence-corrected chi connectivity index (χ1v) is 12.4. The number of rotatable bonds is 9. The number of amides is 1. The van der Waals surface area contributed by atoms with Gasteiger partial charge in [0.05, 0.1) is 15.9 Å². The highest BCUT2D eigenvalue weighted by atomic mass is 32.2. The van der Waals surface area contributed by atoms with E-state index in [1.165, 1.54) is 18.2 Å². The molecule has 7 nitrogen and oxygen atoms in total. The van der Waals surface area contributed by atoms with Gasteiger partial charge in [-0.15, -0.1) is 0 Å². The number of halogens is 1. The molecule has 1 saturated carbocycles. The van der Waals surface area contributed by atoms with Gasteiger partial charge in [-0.2, -0.15) is 0 Å². The van der Waals surface area contributed by atoms with Gasteiger partial charge in [-0.1, -0.05) is 25.1 Å². The topological polar surface area (TPSA) is 98.3 Å². The van der Waals surface area contributed by atoms with Crippen molar-refractivity contribution in [2.75, 3.05) is 0 Å². The van der Waals surface area contributed by atoms with Crippen molar-refractivity contribution in [2.45, 2.75) is 63.1 Å². The molecular weight excluding hydrogens is 431 g/mol. The van der Waals surface area contributed by atoms with Gasteiger partial charge in [-0.3, -0.25) is 4.79 Å². The van der Waals surface area contributed by atoms with Crippen molar-refractivity contribution in [3.8, 4) is 0 Å². The van der Waals surface area contributed by atoms with E-state index in [0.717, 1.165) is 30.6 Å². The van der Waals surface area contributed by atoms with Crippen LogP contribution in [0.1, 0.15) is 44.0 Å². The molecule has 0 spiro atoms. The summed E-state index contributed by atoms with van der Waals surface area (Å²) in [5.41, 5.74) is 1.87. The Morgan fingerprint density at radius 3 is 2.66 bits per heavy atom. The van der Waals surface area contributed by atoms with Crippen LogP contribution in [0.25, 0.3) is 11.0 Å². The van der Waals surface area contributed by atoms with Gasteiger partial charge in [-0.05, 0) is 43.5 Å². The number of carbonyl (C=O) groups excluding carboxylic acids is 1. The second-order valence-electron chi connectivity index (χ2n) is 8.22. The number of aromatic nitrogens is 2. The molecule has 1 aliphatic rings. The molecule has 32 heavy (non-hydrogen) atoms. The van der Waals surface area contributed by atoms with Crippen molar-refractivity contribution in [1.82, 2.24) is 14.5 Å². The Labute approximate surface area is 187 Å². The molecule has 170 valence electrons. The third kappa shape index (κ3) is 4.83. The van der Waals surface area contributed by atoms with E-state index < -0.39 is 10.0 Å². The van der Waals surface area contributed by atoms with Crippen LogP contribution in [0.15, 0.2) is 47.4 Å². The van der Waals surface area contributed by atoms with Crippen molar-refractivity contribution < 1.29 is 17.6 Å². The molecule has 1 aliphatic carbocycles. The van der Waals surface area contributed by atoms with Crippen molar-refractivity contribution in [1.29, 1.82) is 0 Å².